The molecule has 9 nitrogen and oxygen atoms in total. The molecular weight excluding hydrogens is 517 g/mol. The van der Waals surface area contributed by atoms with Crippen molar-refractivity contribution in [2.75, 3.05) is 23.9 Å². The summed E-state index contributed by atoms with van der Waals surface area (Å²) in [5.74, 6) is -0.0948. The molecule has 12 heteroatoms. The van der Waals surface area contributed by atoms with Gasteiger partial charge in [-0.05, 0) is 50.6 Å². The molecule has 2 amide bonds. The predicted molar refractivity (Wildman–Crippen MR) is 135 cm³/mol. The van der Waals surface area contributed by atoms with Crippen LogP contribution in [0.2, 0.25) is 10.0 Å². The fourth-order valence-corrected chi connectivity index (χ4v) is 4.64. The van der Waals surface area contributed by atoms with Crippen molar-refractivity contribution in [1.82, 2.24) is 10.2 Å². The summed E-state index contributed by atoms with van der Waals surface area (Å²) in [7, 11) is -3.86. The summed E-state index contributed by atoms with van der Waals surface area (Å²) in [4.78, 5) is 27.6. The van der Waals surface area contributed by atoms with E-state index < -0.39 is 28.5 Å². The number of fused-ring (bicyclic) bond motifs is 1. The minimum atomic E-state index is -3.86. The van der Waals surface area contributed by atoms with E-state index in [1.165, 1.54) is 17.0 Å². The maximum atomic E-state index is 13.5. The number of hydrogen-bond donors (Lipinski definition) is 1. The summed E-state index contributed by atoms with van der Waals surface area (Å²) in [6.07, 6.45) is 1.00. The van der Waals surface area contributed by atoms with Gasteiger partial charge in [-0.25, -0.2) is 8.42 Å². The van der Waals surface area contributed by atoms with Gasteiger partial charge in [-0.2, -0.15) is 0 Å². The van der Waals surface area contributed by atoms with E-state index in [0.717, 1.165) is 10.6 Å². The number of sulfonamides is 1. The van der Waals surface area contributed by atoms with Crippen LogP contribution in [-0.2, 0) is 26.2 Å². The topological polar surface area (TPSA) is 105 Å². The van der Waals surface area contributed by atoms with Gasteiger partial charge in [0.05, 0.1) is 22.0 Å². The zero-order chi connectivity index (χ0) is 25.9. The third kappa shape index (κ3) is 6.71. The molecule has 1 aliphatic heterocycles. The third-order valence-electron chi connectivity index (χ3n) is 5.26. The third-order valence-corrected chi connectivity index (χ3v) is 7.14. The number of benzene rings is 2. The van der Waals surface area contributed by atoms with Crippen molar-refractivity contribution in [3.8, 4) is 11.5 Å². The zero-order valence-corrected chi connectivity index (χ0v) is 22.1. The normalized spacial score (nSPS) is 13.5. The Morgan fingerprint density at radius 2 is 1.71 bits per heavy atom. The summed E-state index contributed by atoms with van der Waals surface area (Å²) in [6, 6.07) is 8.44. The molecule has 1 heterocycles. The molecule has 190 valence electrons. The smallest absolute Gasteiger partial charge is 0.244 e. The lowest BCUT2D eigenvalue weighted by atomic mass is 10.1. The maximum absolute atomic E-state index is 13.5. The number of rotatable bonds is 9. The number of carbonyl (C=O) groups is 2. The highest BCUT2D eigenvalue weighted by Gasteiger charge is 2.31. The molecule has 0 aromatic heterocycles. The number of amides is 2. The standard InChI is InChI=1S/C23H27Cl2N3O6S/c1-14(2)26-23(30)15(3)27(11-16-5-7-18(24)19(25)9-16)22(29)12-28(35(4,31)32)17-6-8-20-21(10-17)34-13-33-20/h5-10,14-15H,11-13H2,1-4H3,(H,26,30). The van der Waals surface area contributed by atoms with Crippen LogP contribution in [0.15, 0.2) is 36.4 Å². The molecule has 0 spiro atoms. The molecule has 2 aromatic carbocycles. The van der Waals surface area contributed by atoms with Crippen LogP contribution in [0.4, 0.5) is 5.69 Å². The molecule has 2 aromatic rings. The Morgan fingerprint density at radius 3 is 2.34 bits per heavy atom. The average Bonchev–Trinajstić information content (AvgIpc) is 3.24. The van der Waals surface area contributed by atoms with E-state index in [4.69, 9.17) is 32.7 Å². The summed E-state index contributed by atoms with van der Waals surface area (Å²) in [5.41, 5.74) is 0.866. The second-order valence-corrected chi connectivity index (χ2v) is 11.1. The van der Waals surface area contributed by atoms with Gasteiger partial charge in [0.2, 0.25) is 28.6 Å². The van der Waals surface area contributed by atoms with E-state index in [1.807, 2.05) is 0 Å². The largest absolute Gasteiger partial charge is 0.454 e. The van der Waals surface area contributed by atoms with Crippen LogP contribution < -0.4 is 19.1 Å². The Balaban J connectivity index is 1.93. The first-order valence-electron chi connectivity index (χ1n) is 10.8. The second kappa shape index (κ2) is 10.9. The molecule has 0 fully saturated rings. The van der Waals surface area contributed by atoms with Crippen LogP contribution in [0.1, 0.15) is 26.3 Å². The van der Waals surface area contributed by atoms with Crippen molar-refractivity contribution in [1.29, 1.82) is 0 Å². The molecule has 0 bridgehead atoms. The number of nitrogens with one attached hydrogen (secondary N) is 1. The molecule has 1 atom stereocenters. The molecule has 1 aliphatic rings. The summed E-state index contributed by atoms with van der Waals surface area (Å²) < 4.78 is 36.9. The highest BCUT2D eigenvalue weighted by atomic mass is 35.5. The van der Waals surface area contributed by atoms with Gasteiger partial charge in [0, 0.05) is 18.7 Å². The van der Waals surface area contributed by atoms with Gasteiger partial charge in [-0.15, -0.1) is 0 Å². The molecule has 1 unspecified atom stereocenters. The molecule has 0 radical (unpaired) electrons. The Morgan fingerprint density at radius 1 is 1.03 bits per heavy atom. The first-order valence-corrected chi connectivity index (χ1v) is 13.4. The lowest BCUT2D eigenvalue weighted by Crippen LogP contribution is -2.52. The van der Waals surface area contributed by atoms with E-state index >= 15 is 0 Å². The quantitative estimate of drug-likeness (QED) is 0.519. The van der Waals surface area contributed by atoms with Crippen molar-refractivity contribution in [2.24, 2.45) is 0 Å². The van der Waals surface area contributed by atoms with Crippen molar-refractivity contribution in [3.05, 3.63) is 52.0 Å². The van der Waals surface area contributed by atoms with E-state index in [9.17, 15) is 18.0 Å². The summed E-state index contributed by atoms with van der Waals surface area (Å²) >= 11 is 12.1. The van der Waals surface area contributed by atoms with Crippen LogP contribution in [0.25, 0.3) is 0 Å². The van der Waals surface area contributed by atoms with E-state index in [1.54, 1.807) is 45.0 Å². The van der Waals surface area contributed by atoms with Crippen LogP contribution in [-0.4, -0.2) is 56.8 Å². The summed E-state index contributed by atoms with van der Waals surface area (Å²) in [6.45, 7) is 4.71. The number of carbonyl (C=O) groups excluding carboxylic acids is 2. The first-order chi connectivity index (χ1) is 16.4. The van der Waals surface area contributed by atoms with Gasteiger partial charge in [-0.1, -0.05) is 29.3 Å². The lowest BCUT2D eigenvalue weighted by molar-refractivity contribution is -0.139. The van der Waals surface area contributed by atoms with Crippen molar-refractivity contribution < 1.29 is 27.5 Å². The Hall–Kier alpha value is -2.69. The molecule has 0 saturated heterocycles. The number of halogens is 2. The van der Waals surface area contributed by atoms with Crippen LogP contribution in [0.5, 0.6) is 11.5 Å². The maximum Gasteiger partial charge on any atom is 0.244 e. The van der Waals surface area contributed by atoms with Gasteiger partial charge in [0.1, 0.15) is 12.6 Å². The van der Waals surface area contributed by atoms with E-state index in [-0.39, 0.29) is 31.0 Å². The SMILES string of the molecule is CC(C)NC(=O)C(C)N(Cc1ccc(Cl)c(Cl)c1)C(=O)CN(c1ccc2c(c1)OCO2)S(C)(=O)=O. The van der Waals surface area contributed by atoms with E-state index in [2.05, 4.69) is 5.32 Å². The monoisotopic (exact) mass is 543 g/mol. The van der Waals surface area contributed by atoms with Gasteiger partial charge in [-0.3, -0.25) is 13.9 Å². The molecule has 35 heavy (non-hydrogen) atoms. The fourth-order valence-electron chi connectivity index (χ4n) is 3.48. The molecule has 1 N–H and O–H groups in total. The summed E-state index contributed by atoms with van der Waals surface area (Å²) in [5, 5.41) is 3.44. The van der Waals surface area contributed by atoms with Crippen LogP contribution >= 0.6 is 23.2 Å². The Kier molecular flexibility index (Phi) is 8.40. The second-order valence-electron chi connectivity index (χ2n) is 8.42. The predicted octanol–water partition coefficient (Wildman–Crippen LogP) is 3.43. The highest BCUT2D eigenvalue weighted by Crippen LogP contribution is 2.36. The minimum absolute atomic E-state index is 0.0150. The van der Waals surface area contributed by atoms with Crippen molar-refractivity contribution >= 4 is 50.7 Å². The molecule has 3 rings (SSSR count). The van der Waals surface area contributed by atoms with Gasteiger partial charge >= 0.3 is 0 Å². The highest BCUT2D eigenvalue weighted by molar-refractivity contribution is 7.92. The van der Waals surface area contributed by atoms with Crippen LogP contribution in [0.3, 0.4) is 0 Å². The first kappa shape index (κ1) is 26.9. The Bertz CT molecular complexity index is 1220. The average molecular weight is 544 g/mol. The lowest BCUT2D eigenvalue weighted by Gasteiger charge is -2.32. The van der Waals surface area contributed by atoms with Crippen molar-refractivity contribution in [2.45, 2.75) is 39.4 Å². The number of anilines is 1. The minimum Gasteiger partial charge on any atom is -0.454 e. The van der Waals surface area contributed by atoms with Gasteiger partial charge in [0.15, 0.2) is 11.5 Å². The number of ether oxygens (including phenoxy) is 2. The Labute approximate surface area is 214 Å². The van der Waals surface area contributed by atoms with Gasteiger partial charge < -0.3 is 19.7 Å². The molecular formula is C23H27Cl2N3O6S. The molecule has 0 saturated carbocycles. The van der Waals surface area contributed by atoms with Crippen LogP contribution in [0, 0.1) is 0 Å². The molecule has 0 aliphatic carbocycles. The number of nitrogens with zero attached hydrogens (tertiary/aromatic N) is 2. The fraction of sp³-hybridized carbons (Fsp3) is 0.391. The van der Waals surface area contributed by atoms with E-state index in [0.29, 0.717) is 27.1 Å². The van der Waals surface area contributed by atoms with Crippen molar-refractivity contribution in [3.63, 3.8) is 0 Å². The zero-order valence-electron chi connectivity index (χ0n) is 19.7. The number of hydrogen-bond acceptors (Lipinski definition) is 6. The van der Waals surface area contributed by atoms with Gasteiger partial charge in [0.25, 0.3) is 0 Å².